The molecule has 0 spiro atoms. The Labute approximate surface area is 72.6 Å². The summed E-state index contributed by atoms with van der Waals surface area (Å²) in [7, 11) is 0. The Hall–Kier alpha value is -1.31. The number of hydrogen-bond donors (Lipinski definition) is 0. The molecule has 0 atom stereocenters. The largest absolute Gasteiger partial charge is 0.441 e. The lowest BCUT2D eigenvalue weighted by molar-refractivity contribution is 0.494. The zero-order chi connectivity index (χ0) is 8.97. The van der Waals surface area contributed by atoms with Crippen LogP contribution in [0.2, 0.25) is 0 Å². The summed E-state index contributed by atoms with van der Waals surface area (Å²) < 4.78 is 5.43. The lowest BCUT2D eigenvalue weighted by Gasteiger charge is -1.84. The molecule has 0 bridgehead atoms. The maximum atomic E-state index is 5.43. The number of aryl methyl sites for hydroxylation is 1. The monoisotopic (exact) mass is 163 g/mol. The van der Waals surface area contributed by atoms with Crippen molar-refractivity contribution in [1.82, 2.24) is 4.98 Å². The Morgan fingerprint density at radius 1 is 1.58 bits per heavy atom. The van der Waals surface area contributed by atoms with Gasteiger partial charge in [0.25, 0.3) is 0 Å². The van der Waals surface area contributed by atoms with Crippen molar-refractivity contribution in [2.45, 2.75) is 20.3 Å². The molecule has 0 amide bonds. The third-order valence-electron chi connectivity index (χ3n) is 1.54. The van der Waals surface area contributed by atoms with Crippen LogP contribution in [0, 0.1) is 0 Å². The molecule has 2 nitrogen and oxygen atoms in total. The quantitative estimate of drug-likeness (QED) is 0.684. The summed E-state index contributed by atoms with van der Waals surface area (Å²) >= 11 is 0. The fourth-order valence-electron chi connectivity index (χ4n) is 0.960. The van der Waals surface area contributed by atoms with Crippen molar-refractivity contribution in [2.75, 3.05) is 0 Å². The van der Waals surface area contributed by atoms with Crippen LogP contribution in [-0.2, 0) is 6.42 Å². The highest BCUT2D eigenvalue weighted by molar-refractivity contribution is 5.56. The van der Waals surface area contributed by atoms with Crippen LogP contribution in [0.1, 0.15) is 31.2 Å². The average molecular weight is 163 g/mol. The highest BCUT2D eigenvalue weighted by atomic mass is 16.4. The first kappa shape index (κ1) is 8.78. The van der Waals surface area contributed by atoms with Crippen LogP contribution in [0.15, 0.2) is 17.1 Å². The molecular formula is C10H13NO. The normalized spacial score (nSPS) is 10.8. The van der Waals surface area contributed by atoms with Gasteiger partial charge in [-0.2, -0.15) is 0 Å². The molecule has 0 aliphatic rings. The molecule has 1 rings (SSSR count). The first-order valence-corrected chi connectivity index (χ1v) is 4.06. The number of hydrogen-bond acceptors (Lipinski definition) is 2. The summed E-state index contributed by atoms with van der Waals surface area (Å²) in [5.41, 5.74) is 0.824. The van der Waals surface area contributed by atoms with Gasteiger partial charge in [-0.3, -0.25) is 0 Å². The summed E-state index contributed by atoms with van der Waals surface area (Å²) in [5.74, 6) is 1.56. The molecular weight excluding hydrogens is 150 g/mol. The molecule has 0 aromatic carbocycles. The zero-order valence-electron chi connectivity index (χ0n) is 7.50. The van der Waals surface area contributed by atoms with Crippen molar-refractivity contribution >= 4 is 12.2 Å². The second-order valence-corrected chi connectivity index (χ2v) is 2.41. The van der Waals surface area contributed by atoms with Crippen molar-refractivity contribution in [2.24, 2.45) is 0 Å². The van der Waals surface area contributed by atoms with Crippen LogP contribution in [0.4, 0.5) is 0 Å². The predicted octanol–water partition coefficient (Wildman–Crippen LogP) is 2.91. The summed E-state index contributed by atoms with van der Waals surface area (Å²) in [5, 5.41) is 0. The van der Waals surface area contributed by atoms with Crippen LogP contribution in [0.5, 0.6) is 0 Å². The second kappa shape index (κ2) is 3.90. The van der Waals surface area contributed by atoms with Gasteiger partial charge in [-0.05, 0) is 19.1 Å². The van der Waals surface area contributed by atoms with E-state index in [9.17, 15) is 0 Å². The SMILES string of the molecule is C=Cc1nc(CC)oc1/C=C\C. The molecule has 0 unspecified atom stereocenters. The predicted molar refractivity (Wildman–Crippen MR) is 50.7 cm³/mol. The van der Waals surface area contributed by atoms with Crippen molar-refractivity contribution in [3.63, 3.8) is 0 Å². The van der Waals surface area contributed by atoms with Crippen molar-refractivity contribution in [3.05, 3.63) is 30.0 Å². The molecule has 0 radical (unpaired) electrons. The van der Waals surface area contributed by atoms with Crippen molar-refractivity contribution in [3.8, 4) is 0 Å². The molecule has 0 aliphatic carbocycles. The Balaban J connectivity index is 3.07. The molecule has 0 fully saturated rings. The molecule has 0 saturated carbocycles. The van der Waals surface area contributed by atoms with E-state index in [1.54, 1.807) is 6.08 Å². The maximum Gasteiger partial charge on any atom is 0.195 e. The van der Waals surface area contributed by atoms with Crippen LogP contribution >= 0.6 is 0 Å². The molecule has 1 aromatic rings. The van der Waals surface area contributed by atoms with Crippen LogP contribution in [0.25, 0.3) is 12.2 Å². The van der Waals surface area contributed by atoms with Crippen LogP contribution in [0.3, 0.4) is 0 Å². The van der Waals surface area contributed by atoms with E-state index in [1.165, 1.54) is 0 Å². The Bertz CT molecular complexity index is 297. The molecule has 12 heavy (non-hydrogen) atoms. The van der Waals surface area contributed by atoms with Gasteiger partial charge in [0.15, 0.2) is 11.7 Å². The van der Waals surface area contributed by atoms with E-state index >= 15 is 0 Å². The topological polar surface area (TPSA) is 26.0 Å². The Kier molecular flexibility index (Phi) is 2.86. The Morgan fingerprint density at radius 3 is 2.83 bits per heavy atom. The summed E-state index contributed by atoms with van der Waals surface area (Å²) in [6, 6.07) is 0. The molecule has 64 valence electrons. The highest BCUT2D eigenvalue weighted by Gasteiger charge is 2.05. The minimum atomic E-state index is 0.762. The molecule has 1 heterocycles. The van der Waals surface area contributed by atoms with Gasteiger partial charge < -0.3 is 4.42 Å². The average Bonchev–Trinajstić information content (AvgIpc) is 2.48. The lowest BCUT2D eigenvalue weighted by Crippen LogP contribution is -1.77. The minimum Gasteiger partial charge on any atom is -0.441 e. The third-order valence-corrected chi connectivity index (χ3v) is 1.54. The van der Waals surface area contributed by atoms with Crippen molar-refractivity contribution < 1.29 is 4.42 Å². The molecule has 0 N–H and O–H groups in total. The minimum absolute atomic E-state index is 0.762. The van der Waals surface area contributed by atoms with Gasteiger partial charge in [0.05, 0.1) is 0 Å². The number of oxazole rings is 1. The van der Waals surface area contributed by atoms with E-state index in [0.717, 1.165) is 23.8 Å². The van der Waals surface area contributed by atoms with Gasteiger partial charge in [0, 0.05) is 6.42 Å². The Morgan fingerprint density at radius 2 is 2.33 bits per heavy atom. The maximum absolute atomic E-state index is 5.43. The number of rotatable bonds is 3. The van der Waals surface area contributed by atoms with E-state index in [1.807, 2.05) is 26.0 Å². The van der Waals surface area contributed by atoms with E-state index in [2.05, 4.69) is 11.6 Å². The fraction of sp³-hybridized carbons (Fsp3) is 0.300. The van der Waals surface area contributed by atoms with Crippen LogP contribution in [-0.4, -0.2) is 4.98 Å². The van der Waals surface area contributed by atoms with Gasteiger partial charge in [0.2, 0.25) is 0 Å². The van der Waals surface area contributed by atoms with E-state index in [4.69, 9.17) is 4.42 Å². The molecule has 0 aliphatic heterocycles. The first-order chi connectivity index (χ1) is 5.81. The smallest absolute Gasteiger partial charge is 0.195 e. The third kappa shape index (κ3) is 1.64. The lowest BCUT2D eigenvalue weighted by atomic mass is 10.3. The van der Waals surface area contributed by atoms with Crippen LogP contribution < -0.4 is 0 Å². The summed E-state index contributed by atoms with van der Waals surface area (Å²) in [6.07, 6.45) is 6.34. The highest BCUT2D eigenvalue weighted by Crippen LogP contribution is 2.14. The van der Waals surface area contributed by atoms with E-state index in [-0.39, 0.29) is 0 Å². The molecule has 1 aromatic heterocycles. The number of nitrogens with zero attached hydrogens (tertiary/aromatic N) is 1. The summed E-state index contributed by atoms with van der Waals surface area (Å²) in [4.78, 5) is 4.23. The van der Waals surface area contributed by atoms with Crippen molar-refractivity contribution in [1.29, 1.82) is 0 Å². The van der Waals surface area contributed by atoms with Gasteiger partial charge in [0.1, 0.15) is 5.69 Å². The first-order valence-electron chi connectivity index (χ1n) is 4.06. The summed E-state index contributed by atoms with van der Waals surface area (Å²) in [6.45, 7) is 7.62. The standard InChI is InChI=1S/C10H13NO/c1-4-7-9-8(5-2)11-10(6-3)12-9/h4-5,7H,2,6H2,1,3H3/b7-4-. The molecule has 2 heteroatoms. The van der Waals surface area contributed by atoms with Gasteiger partial charge in [-0.15, -0.1) is 0 Å². The van der Waals surface area contributed by atoms with Gasteiger partial charge in [-0.25, -0.2) is 4.98 Å². The second-order valence-electron chi connectivity index (χ2n) is 2.41. The van der Waals surface area contributed by atoms with Gasteiger partial charge in [-0.1, -0.05) is 19.6 Å². The zero-order valence-corrected chi connectivity index (χ0v) is 7.50. The fourth-order valence-corrected chi connectivity index (χ4v) is 0.960. The van der Waals surface area contributed by atoms with Gasteiger partial charge >= 0.3 is 0 Å². The van der Waals surface area contributed by atoms with E-state index in [0.29, 0.717) is 0 Å². The molecule has 0 saturated heterocycles. The number of allylic oxidation sites excluding steroid dienone is 1. The van der Waals surface area contributed by atoms with E-state index < -0.39 is 0 Å². The number of aromatic nitrogens is 1.